The molecule has 6 nitrogen and oxygen atoms in total. The minimum atomic E-state index is -3.20. The first-order valence-corrected chi connectivity index (χ1v) is 11.6. The summed E-state index contributed by atoms with van der Waals surface area (Å²) in [6, 6.07) is 13.9. The molecule has 0 atom stereocenters. The highest BCUT2D eigenvalue weighted by atomic mass is 32.2. The van der Waals surface area contributed by atoms with Crippen molar-refractivity contribution in [2.24, 2.45) is 4.99 Å². The van der Waals surface area contributed by atoms with Crippen molar-refractivity contribution < 1.29 is 8.42 Å². The lowest BCUT2D eigenvalue weighted by Crippen LogP contribution is -2.36. The van der Waals surface area contributed by atoms with Gasteiger partial charge in [0.05, 0.1) is 4.90 Å². The van der Waals surface area contributed by atoms with Crippen LogP contribution in [0.1, 0.15) is 29.2 Å². The van der Waals surface area contributed by atoms with Crippen LogP contribution < -0.4 is 10.6 Å². The molecule has 0 saturated carbocycles. The van der Waals surface area contributed by atoms with Gasteiger partial charge in [0, 0.05) is 32.9 Å². The van der Waals surface area contributed by atoms with Crippen LogP contribution in [0.15, 0.2) is 52.4 Å². The minimum Gasteiger partial charge on any atom is -0.352 e. The van der Waals surface area contributed by atoms with Gasteiger partial charge < -0.3 is 15.5 Å². The number of hydrogen-bond donors (Lipinski definition) is 2. The van der Waals surface area contributed by atoms with Gasteiger partial charge in [-0.15, -0.1) is 0 Å². The summed E-state index contributed by atoms with van der Waals surface area (Å²) in [5.74, 6) is 0.700. The van der Waals surface area contributed by atoms with E-state index < -0.39 is 9.84 Å². The molecule has 0 aromatic heterocycles. The first kappa shape index (κ1) is 22.9. The molecule has 0 heterocycles. The fourth-order valence-electron chi connectivity index (χ4n) is 3.09. The molecule has 0 spiro atoms. The van der Waals surface area contributed by atoms with E-state index in [1.807, 2.05) is 19.1 Å². The van der Waals surface area contributed by atoms with Gasteiger partial charge >= 0.3 is 0 Å². The second-order valence-electron chi connectivity index (χ2n) is 7.30. The number of sulfone groups is 1. The van der Waals surface area contributed by atoms with Crippen molar-refractivity contribution >= 4 is 15.8 Å². The Bertz CT molecular complexity index is 955. The molecule has 2 rings (SSSR count). The van der Waals surface area contributed by atoms with Crippen LogP contribution in [0.5, 0.6) is 0 Å². The molecule has 7 heteroatoms. The standard InChI is InChI=1S/C22H32N4O2S/c1-6-26(4)16-20-9-7-8-18(13-20)14-24-22(23-3)25-15-19-10-11-21(17(2)12-19)29(5,27)28/h7-13H,6,14-16H2,1-5H3,(H2,23,24,25). The van der Waals surface area contributed by atoms with Crippen molar-refractivity contribution in [3.63, 3.8) is 0 Å². The molecule has 2 aromatic rings. The van der Waals surface area contributed by atoms with Gasteiger partial charge in [-0.05, 0) is 48.8 Å². The van der Waals surface area contributed by atoms with Crippen molar-refractivity contribution in [1.82, 2.24) is 15.5 Å². The van der Waals surface area contributed by atoms with Crippen LogP contribution in [-0.2, 0) is 29.5 Å². The molecule has 0 aliphatic rings. The molecule has 0 aliphatic heterocycles. The lowest BCUT2D eigenvalue weighted by Gasteiger charge is -2.15. The van der Waals surface area contributed by atoms with Gasteiger partial charge in [0.2, 0.25) is 0 Å². The maximum absolute atomic E-state index is 11.8. The lowest BCUT2D eigenvalue weighted by molar-refractivity contribution is 0.345. The summed E-state index contributed by atoms with van der Waals surface area (Å²) in [4.78, 5) is 6.91. The average Bonchev–Trinajstić information content (AvgIpc) is 2.67. The van der Waals surface area contributed by atoms with E-state index in [-0.39, 0.29) is 0 Å². The molecule has 158 valence electrons. The third-order valence-corrected chi connectivity index (χ3v) is 6.02. The zero-order valence-corrected chi connectivity index (χ0v) is 18.8. The highest BCUT2D eigenvalue weighted by Gasteiger charge is 2.11. The molecule has 0 bridgehead atoms. The van der Waals surface area contributed by atoms with Gasteiger partial charge in [0.25, 0.3) is 0 Å². The molecule has 0 unspecified atom stereocenters. The Morgan fingerprint density at radius 2 is 1.66 bits per heavy atom. The Hall–Kier alpha value is -2.38. The molecule has 2 aromatic carbocycles. The Labute approximate surface area is 175 Å². The van der Waals surface area contributed by atoms with E-state index in [0.717, 1.165) is 24.2 Å². The Balaban J connectivity index is 1.93. The van der Waals surface area contributed by atoms with Crippen molar-refractivity contribution in [3.05, 3.63) is 64.7 Å². The minimum absolute atomic E-state index is 0.373. The van der Waals surface area contributed by atoms with Crippen LogP contribution in [0.25, 0.3) is 0 Å². The molecule has 0 amide bonds. The number of nitrogens with zero attached hydrogens (tertiary/aromatic N) is 2. The zero-order chi connectivity index (χ0) is 21.4. The highest BCUT2D eigenvalue weighted by Crippen LogP contribution is 2.16. The number of aliphatic imine (C=N–C) groups is 1. The molecular weight excluding hydrogens is 384 g/mol. The second-order valence-corrected chi connectivity index (χ2v) is 9.29. The number of aryl methyl sites for hydroxylation is 1. The summed E-state index contributed by atoms with van der Waals surface area (Å²) in [6.45, 7) is 7.15. The van der Waals surface area contributed by atoms with Crippen LogP contribution in [0.3, 0.4) is 0 Å². The van der Waals surface area contributed by atoms with E-state index in [4.69, 9.17) is 0 Å². The number of rotatable bonds is 8. The summed E-state index contributed by atoms with van der Waals surface area (Å²) in [7, 11) is 0.650. The van der Waals surface area contributed by atoms with Gasteiger partial charge in [0.1, 0.15) is 0 Å². The molecule has 0 fully saturated rings. The van der Waals surface area contributed by atoms with Crippen molar-refractivity contribution in [3.8, 4) is 0 Å². The summed E-state index contributed by atoms with van der Waals surface area (Å²) < 4.78 is 23.5. The van der Waals surface area contributed by atoms with Gasteiger partial charge in [-0.3, -0.25) is 4.99 Å². The topological polar surface area (TPSA) is 73.8 Å². The summed E-state index contributed by atoms with van der Waals surface area (Å²) in [5, 5.41) is 6.61. The number of benzene rings is 2. The zero-order valence-electron chi connectivity index (χ0n) is 18.0. The quantitative estimate of drug-likeness (QED) is 0.511. The fraction of sp³-hybridized carbons (Fsp3) is 0.409. The Morgan fingerprint density at radius 3 is 2.21 bits per heavy atom. The van der Waals surface area contributed by atoms with Gasteiger partial charge in [-0.25, -0.2) is 8.42 Å². The molecule has 0 radical (unpaired) electrons. The van der Waals surface area contributed by atoms with Crippen molar-refractivity contribution in [2.45, 2.75) is 38.4 Å². The van der Waals surface area contributed by atoms with Gasteiger partial charge in [0.15, 0.2) is 15.8 Å². The maximum Gasteiger partial charge on any atom is 0.191 e. The first-order chi connectivity index (χ1) is 13.7. The summed E-state index contributed by atoms with van der Waals surface area (Å²) >= 11 is 0. The van der Waals surface area contributed by atoms with Crippen LogP contribution in [-0.4, -0.2) is 46.2 Å². The van der Waals surface area contributed by atoms with E-state index >= 15 is 0 Å². The molecule has 29 heavy (non-hydrogen) atoms. The summed E-state index contributed by atoms with van der Waals surface area (Å²) in [6.07, 6.45) is 1.23. The SMILES string of the molecule is CCN(C)Cc1cccc(CNC(=NC)NCc2ccc(S(C)(=O)=O)c(C)c2)c1. The maximum atomic E-state index is 11.8. The van der Waals surface area contributed by atoms with E-state index in [2.05, 4.69) is 58.8 Å². The Kier molecular flexibility index (Phi) is 8.22. The predicted molar refractivity (Wildman–Crippen MR) is 120 cm³/mol. The van der Waals surface area contributed by atoms with E-state index in [1.54, 1.807) is 13.1 Å². The molecule has 2 N–H and O–H groups in total. The monoisotopic (exact) mass is 416 g/mol. The smallest absolute Gasteiger partial charge is 0.191 e. The van der Waals surface area contributed by atoms with Crippen LogP contribution in [0, 0.1) is 6.92 Å². The lowest BCUT2D eigenvalue weighted by atomic mass is 10.1. The van der Waals surface area contributed by atoms with E-state index in [1.165, 1.54) is 17.4 Å². The first-order valence-electron chi connectivity index (χ1n) is 9.73. The normalized spacial score (nSPS) is 12.3. The number of hydrogen-bond acceptors (Lipinski definition) is 4. The van der Waals surface area contributed by atoms with Crippen LogP contribution in [0.4, 0.5) is 0 Å². The second kappa shape index (κ2) is 10.4. The third kappa shape index (κ3) is 7.18. The molecule has 0 aliphatic carbocycles. The van der Waals surface area contributed by atoms with Crippen molar-refractivity contribution in [1.29, 1.82) is 0 Å². The largest absolute Gasteiger partial charge is 0.352 e. The predicted octanol–water partition coefficient (Wildman–Crippen LogP) is 2.72. The number of nitrogens with one attached hydrogen (secondary N) is 2. The van der Waals surface area contributed by atoms with E-state index in [0.29, 0.717) is 23.9 Å². The molecule has 0 saturated heterocycles. The number of guanidine groups is 1. The van der Waals surface area contributed by atoms with Crippen molar-refractivity contribution in [2.75, 3.05) is 26.9 Å². The van der Waals surface area contributed by atoms with Gasteiger partial charge in [-0.1, -0.05) is 43.3 Å². The Morgan fingerprint density at radius 1 is 1.03 bits per heavy atom. The molecular formula is C22H32N4O2S. The van der Waals surface area contributed by atoms with Crippen LogP contribution in [0.2, 0.25) is 0 Å². The van der Waals surface area contributed by atoms with Gasteiger partial charge in [-0.2, -0.15) is 0 Å². The summed E-state index contributed by atoms with van der Waals surface area (Å²) in [5.41, 5.74) is 4.24. The third-order valence-electron chi connectivity index (χ3n) is 4.77. The average molecular weight is 417 g/mol. The van der Waals surface area contributed by atoms with Crippen LogP contribution >= 0.6 is 0 Å². The van der Waals surface area contributed by atoms with E-state index in [9.17, 15) is 8.42 Å². The highest BCUT2D eigenvalue weighted by molar-refractivity contribution is 7.90. The fourth-order valence-corrected chi connectivity index (χ4v) is 4.05.